The Hall–Kier alpha value is -2.20. The fourth-order valence-corrected chi connectivity index (χ4v) is 3.47. The molecule has 0 saturated carbocycles. The number of phenols is 1. The largest absolute Gasteiger partial charge is 0.508 e. The van der Waals surface area contributed by atoms with Crippen molar-refractivity contribution >= 4 is 0 Å². The average Bonchev–Trinajstić information content (AvgIpc) is 3.06. The summed E-state index contributed by atoms with van der Waals surface area (Å²) in [5.41, 5.74) is 3.37. The zero-order valence-electron chi connectivity index (χ0n) is 14.6. The first-order valence-corrected chi connectivity index (χ1v) is 8.33. The molecule has 2 aromatic carbocycles. The van der Waals surface area contributed by atoms with Crippen molar-refractivity contribution in [3.05, 3.63) is 53.1 Å². The molecule has 1 aliphatic heterocycles. The van der Waals surface area contributed by atoms with Crippen LogP contribution in [0.15, 0.2) is 36.4 Å². The molecule has 0 amide bonds. The Morgan fingerprint density at radius 1 is 1.12 bits per heavy atom. The summed E-state index contributed by atoms with van der Waals surface area (Å²) in [4.78, 5) is 2.39. The van der Waals surface area contributed by atoms with Crippen LogP contribution in [0.5, 0.6) is 17.2 Å². The van der Waals surface area contributed by atoms with Crippen LogP contribution in [0.2, 0.25) is 0 Å². The first kappa shape index (κ1) is 16.7. The second-order valence-electron chi connectivity index (χ2n) is 6.46. The summed E-state index contributed by atoms with van der Waals surface area (Å²) in [6.45, 7) is 4.79. The van der Waals surface area contributed by atoms with Gasteiger partial charge in [0.2, 0.25) is 0 Å². The molecule has 4 heteroatoms. The summed E-state index contributed by atoms with van der Waals surface area (Å²) in [6, 6.07) is 11.8. The summed E-state index contributed by atoms with van der Waals surface area (Å²) in [6.07, 6.45) is 1.08. The molecule has 128 valence electrons. The highest BCUT2D eigenvalue weighted by Crippen LogP contribution is 2.36. The van der Waals surface area contributed by atoms with Gasteiger partial charge in [0.05, 0.1) is 14.2 Å². The molecule has 1 heterocycles. The molecule has 1 N–H and O–H groups in total. The predicted octanol–water partition coefficient (Wildman–Crippen LogP) is 3.71. The van der Waals surface area contributed by atoms with Crippen LogP contribution in [0.25, 0.3) is 0 Å². The third-order valence-corrected chi connectivity index (χ3v) is 4.78. The molecule has 4 nitrogen and oxygen atoms in total. The van der Waals surface area contributed by atoms with Gasteiger partial charge in [-0.15, -0.1) is 0 Å². The number of methoxy groups -OCH3 is 2. The lowest BCUT2D eigenvalue weighted by atomic mass is 9.97. The molecule has 0 spiro atoms. The zero-order chi connectivity index (χ0) is 17.1. The van der Waals surface area contributed by atoms with Gasteiger partial charge in [0.15, 0.2) is 0 Å². The van der Waals surface area contributed by atoms with Gasteiger partial charge >= 0.3 is 0 Å². The third kappa shape index (κ3) is 3.49. The third-order valence-electron chi connectivity index (χ3n) is 4.78. The minimum atomic E-state index is 0.378. The van der Waals surface area contributed by atoms with Gasteiger partial charge in [-0.1, -0.05) is 17.7 Å². The molecule has 1 atom stereocenters. The smallest absolute Gasteiger partial charge is 0.122 e. The van der Waals surface area contributed by atoms with Crippen molar-refractivity contribution in [2.75, 3.05) is 27.3 Å². The fraction of sp³-hybridized carbons (Fsp3) is 0.400. The minimum absolute atomic E-state index is 0.378. The second-order valence-corrected chi connectivity index (χ2v) is 6.46. The summed E-state index contributed by atoms with van der Waals surface area (Å²) in [7, 11) is 3.40. The van der Waals surface area contributed by atoms with Crippen LogP contribution >= 0.6 is 0 Å². The number of benzene rings is 2. The van der Waals surface area contributed by atoms with E-state index < -0.39 is 0 Å². The average molecular weight is 327 g/mol. The molecule has 0 radical (unpaired) electrons. The van der Waals surface area contributed by atoms with E-state index in [9.17, 15) is 5.11 Å². The summed E-state index contributed by atoms with van der Waals surface area (Å²) >= 11 is 0. The molecule has 3 rings (SSSR count). The van der Waals surface area contributed by atoms with Gasteiger partial charge < -0.3 is 14.6 Å². The Labute approximate surface area is 143 Å². The Morgan fingerprint density at radius 3 is 2.71 bits per heavy atom. The Bertz CT molecular complexity index is 714. The Balaban J connectivity index is 1.74. The van der Waals surface area contributed by atoms with E-state index in [1.54, 1.807) is 20.3 Å². The van der Waals surface area contributed by atoms with Crippen LogP contribution in [-0.4, -0.2) is 37.3 Å². The SMILES string of the molecule is COc1ccc(OC)c([C@H]2CCN(Cc3cc(C)ccc3O)C2)c1. The van der Waals surface area contributed by atoms with Gasteiger partial charge in [0.25, 0.3) is 0 Å². The van der Waals surface area contributed by atoms with Gasteiger partial charge in [-0.05, 0) is 44.2 Å². The molecular weight excluding hydrogens is 302 g/mol. The van der Waals surface area contributed by atoms with Crippen LogP contribution in [0.3, 0.4) is 0 Å². The lowest BCUT2D eigenvalue weighted by Crippen LogP contribution is -2.20. The highest BCUT2D eigenvalue weighted by molar-refractivity contribution is 5.43. The van der Waals surface area contributed by atoms with Gasteiger partial charge in [-0.25, -0.2) is 0 Å². The van der Waals surface area contributed by atoms with E-state index >= 15 is 0 Å². The quantitative estimate of drug-likeness (QED) is 0.909. The number of aromatic hydroxyl groups is 1. The van der Waals surface area contributed by atoms with E-state index in [1.165, 1.54) is 11.1 Å². The Morgan fingerprint density at radius 2 is 1.96 bits per heavy atom. The summed E-state index contributed by atoms with van der Waals surface area (Å²) in [5.74, 6) is 2.58. The maximum absolute atomic E-state index is 10.1. The van der Waals surface area contributed by atoms with Gasteiger partial charge in [0, 0.05) is 30.1 Å². The Kier molecular flexibility index (Phi) is 4.95. The van der Waals surface area contributed by atoms with E-state index in [2.05, 4.69) is 24.0 Å². The molecule has 0 unspecified atom stereocenters. The van der Waals surface area contributed by atoms with Crippen molar-refractivity contribution in [2.45, 2.75) is 25.8 Å². The fourth-order valence-electron chi connectivity index (χ4n) is 3.47. The van der Waals surface area contributed by atoms with Crippen LogP contribution in [0.4, 0.5) is 0 Å². The van der Waals surface area contributed by atoms with E-state index in [1.807, 2.05) is 18.2 Å². The number of ether oxygens (including phenoxy) is 2. The van der Waals surface area contributed by atoms with Crippen LogP contribution in [0.1, 0.15) is 29.0 Å². The monoisotopic (exact) mass is 327 g/mol. The standard InChI is InChI=1S/C20H25NO3/c1-14-4-6-19(22)16(10-14)13-21-9-8-15(12-21)18-11-17(23-2)5-7-20(18)24-3/h4-7,10-11,15,22H,8-9,12-13H2,1-3H3/t15-/m0/s1. The number of likely N-dealkylation sites (tertiary alicyclic amines) is 1. The van der Waals surface area contributed by atoms with Crippen molar-refractivity contribution in [1.82, 2.24) is 4.90 Å². The first-order chi connectivity index (χ1) is 11.6. The number of rotatable bonds is 5. The highest BCUT2D eigenvalue weighted by Gasteiger charge is 2.27. The van der Waals surface area contributed by atoms with Crippen molar-refractivity contribution in [2.24, 2.45) is 0 Å². The lowest BCUT2D eigenvalue weighted by molar-refractivity contribution is 0.318. The van der Waals surface area contributed by atoms with Crippen molar-refractivity contribution in [1.29, 1.82) is 0 Å². The molecule has 1 fully saturated rings. The maximum Gasteiger partial charge on any atom is 0.122 e. The normalized spacial score (nSPS) is 17.9. The van der Waals surface area contributed by atoms with Crippen LogP contribution < -0.4 is 9.47 Å². The number of aryl methyl sites for hydroxylation is 1. The highest BCUT2D eigenvalue weighted by atomic mass is 16.5. The molecule has 0 aromatic heterocycles. The van der Waals surface area contributed by atoms with Gasteiger partial charge in [0.1, 0.15) is 17.2 Å². The van der Waals surface area contributed by atoms with Crippen LogP contribution in [-0.2, 0) is 6.54 Å². The molecule has 2 aromatic rings. The van der Waals surface area contributed by atoms with Crippen molar-refractivity contribution < 1.29 is 14.6 Å². The van der Waals surface area contributed by atoms with E-state index in [0.29, 0.717) is 11.7 Å². The van der Waals surface area contributed by atoms with E-state index in [0.717, 1.165) is 43.1 Å². The second kappa shape index (κ2) is 7.14. The van der Waals surface area contributed by atoms with Gasteiger partial charge in [-0.2, -0.15) is 0 Å². The molecule has 0 bridgehead atoms. The van der Waals surface area contributed by atoms with Crippen molar-refractivity contribution in [3.8, 4) is 17.2 Å². The lowest BCUT2D eigenvalue weighted by Gasteiger charge is -2.19. The van der Waals surface area contributed by atoms with Crippen molar-refractivity contribution in [3.63, 3.8) is 0 Å². The summed E-state index contributed by atoms with van der Waals surface area (Å²) < 4.78 is 10.9. The molecule has 1 saturated heterocycles. The number of phenolic OH excluding ortho intramolecular Hbond substituents is 1. The topological polar surface area (TPSA) is 41.9 Å². The van der Waals surface area contributed by atoms with E-state index in [4.69, 9.17) is 9.47 Å². The predicted molar refractivity (Wildman–Crippen MR) is 95.0 cm³/mol. The zero-order valence-corrected chi connectivity index (χ0v) is 14.6. The number of nitrogens with zero attached hydrogens (tertiary/aromatic N) is 1. The molecule has 1 aliphatic rings. The first-order valence-electron chi connectivity index (χ1n) is 8.33. The number of hydrogen-bond acceptors (Lipinski definition) is 4. The van der Waals surface area contributed by atoms with Gasteiger partial charge in [-0.3, -0.25) is 4.90 Å². The molecule has 24 heavy (non-hydrogen) atoms. The minimum Gasteiger partial charge on any atom is -0.508 e. The van der Waals surface area contributed by atoms with E-state index in [-0.39, 0.29) is 0 Å². The molecule has 0 aliphatic carbocycles. The van der Waals surface area contributed by atoms with Crippen LogP contribution in [0, 0.1) is 6.92 Å². The summed E-state index contributed by atoms with van der Waals surface area (Å²) in [5, 5.41) is 10.1. The molecular formula is C20H25NO3. The number of hydrogen-bond donors (Lipinski definition) is 1. The maximum atomic E-state index is 10.1.